The maximum absolute atomic E-state index is 4.31. The van der Waals surface area contributed by atoms with Crippen LogP contribution in [0.4, 0.5) is 0 Å². The van der Waals surface area contributed by atoms with Crippen LogP contribution in [0.5, 0.6) is 0 Å². The van der Waals surface area contributed by atoms with Gasteiger partial charge >= 0.3 is 0 Å². The molecule has 1 N–H and O–H groups in total. The molecule has 0 aliphatic heterocycles. The van der Waals surface area contributed by atoms with Crippen molar-refractivity contribution >= 4 is 0 Å². The summed E-state index contributed by atoms with van der Waals surface area (Å²) in [6.45, 7) is 16.2. The number of rotatable bonds is 1. The van der Waals surface area contributed by atoms with Crippen molar-refractivity contribution in [1.29, 1.82) is 0 Å². The molecule has 1 aliphatic rings. The van der Waals surface area contributed by atoms with Crippen LogP contribution in [0.15, 0.2) is 18.3 Å². The second-order valence-electron chi connectivity index (χ2n) is 4.98. The van der Waals surface area contributed by atoms with Crippen molar-refractivity contribution in [3.63, 3.8) is 0 Å². The zero-order valence-corrected chi connectivity index (χ0v) is 16.5. The SMILES string of the molecule is CC.CC.CC.Cc1ncc(-c2ccc(C)c3c2CCCC3)[nH]1.[HH]. The molecule has 132 valence electrons. The quantitative estimate of drug-likeness (QED) is 0.609. The number of hydrogen-bond acceptors (Lipinski definition) is 1. The van der Waals surface area contributed by atoms with Crippen LogP contribution in [-0.2, 0) is 12.8 Å². The van der Waals surface area contributed by atoms with Gasteiger partial charge in [-0.15, -0.1) is 0 Å². The van der Waals surface area contributed by atoms with E-state index in [4.69, 9.17) is 0 Å². The Morgan fingerprint density at radius 3 is 1.96 bits per heavy atom. The Morgan fingerprint density at radius 2 is 1.43 bits per heavy atom. The van der Waals surface area contributed by atoms with Crippen molar-refractivity contribution in [3.05, 3.63) is 40.8 Å². The standard InChI is InChI=1S/C15H18N2.3C2H6.H2/c1-10-7-8-14(15-9-16-11(2)17-15)13-6-4-3-5-12(10)13;3*1-2;/h7-9H,3-6H2,1-2H3,(H,16,17);3*1-2H3;1H. The number of imidazole rings is 1. The summed E-state index contributed by atoms with van der Waals surface area (Å²) in [5.74, 6) is 0.991. The average Bonchev–Trinajstić information content (AvgIpc) is 3.07. The number of aromatic nitrogens is 2. The van der Waals surface area contributed by atoms with Gasteiger partial charge in [0.15, 0.2) is 0 Å². The van der Waals surface area contributed by atoms with Gasteiger partial charge in [-0.1, -0.05) is 53.7 Å². The first-order valence-corrected chi connectivity index (χ1v) is 9.39. The molecule has 0 amide bonds. The Kier molecular flexibility index (Phi) is 11.1. The van der Waals surface area contributed by atoms with Crippen molar-refractivity contribution in [2.75, 3.05) is 0 Å². The maximum Gasteiger partial charge on any atom is 0.103 e. The Bertz CT molecular complexity index is 559. The van der Waals surface area contributed by atoms with Crippen LogP contribution >= 0.6 is 0 Å². The monoisotopic (exact) mass is 318 g/mol. The van der Waals surface area contributed by atoms with E-state index < -0.39 is 0 Å². The Balaban J connectivity index is 0. The highest BCUT2D eigenvalue weighted by atomic mass is 14.9. The fourth-order valence-corrected chi connectivity index (χ4v) is 2.86. The van der Waals surface area contributed by atoms with Crippen LogP contribution in [0.25, 0.3) is 11.3 Å². The van der Waals surface area contributed by atoms with Gasteiger partial charge in [0.1, 0.15) is 5.82 Å². The van der Waals surface area contributed by atoms with Crippen LogP contribution in [0, 0.1) is 13.8 Å². The summed E-state index contributed by atoms with van der Waals surface area (Å²) in [6.07, 6.45) is 7.05. The van der Waals surface area contributed by atoms with Gasteiger partial charge in [-0.2, -0.15) is 0 Å². The summed E-state index contributed by atoms with van der Waals surface area (Å²) in [5.41, 5.74) is 7.08. The van der Waals surface area contributed by atoms with Crippen LogP contribution in [0.1, 0.15) is 78.3 Å². The van der Waals surface area contributed by atoms with E-state index in [1.807, 2.05) is 54.7 Å². The first-order chi connectivity index (χ1) is 11.3. The zero-order valence-electron chi connectivity index (χ0n) is 16.5. The number of hydrogen-bond donors (Lipinski definition) is 1. The molecule has 1 aliphatic carbocycles. The molecular formula is C21H38N2. The molecule has 0 saturated heterocycles. The van der Waals surface area contributed by atoms with Crippen molar-refractivity contribution in [3.8, 4) is 11.3 Å². The normalized spacial score (nSPS) is 11.7. The topological polar surface area (TPSA) is 28.7 Å². The largest absolute Gasteiger partial charge is 0.342 e. The number of benzene rings is 1. The van der Waals surface area contributed by atoms with Crippen molar-refractivity contribution in [1.82, 2.24) is 9.97 Å². The van der Waals surface area contributed by atoms with E-state index in [1.165, 1.54) is 42.5 Å². The maximum atomic E-state index is 4.31. The summed E-state index contributed by atoms with van der Waals surface area (Å²) in [5, 5.41) is 0. The fourth-order valence-electron chi connectivity index (χ4n) is 2.86. The minimum absolute atomic E-state index is 0. The van der Waals surface area contributed by atoms with Crippen molar-refractivity contribution in [2.45, 2.75) is 81.1 Å². The van der Waals surface area contributed by atoms with Gasteiger partial charge in [-0.05, 0) is 56.2 Å². The lowest BCUT2D eigenvalue weighted by Crippen LogP contribution is -2.06. The molecule has 0 unspecified atom stereocenters. The second-order valence-corrected chi connectivity index (χ2v) is 4.98. The van der Waals surface area contributed by atoms with E-state index in [9.17, 15) is 0 Å². The molecule has 1 aromatic carbocycles. The lowest BCUT2D eigenvalue weighted by atomic mass is 9.85. The number of nitrogens with one attached hydrogen (secondary N) is 1. The number of aryl methyl sites for hydroxylation is 2. The molecular weight excluding hydrogens is 280 g/mol. The Hall–Kier alpha value is -1.57. The molecule has 0 atom stereocenters. The van der Waals surface area contributed by atoms with Gasteiger partial charge in [-0.3, -0.25) is 0 Å². The first kappa shape index (κ1) is 21.4. The lowest BCUT2D eigenvalue weighted by molar-refractivity contribution is 0.683. The number of aromatic amines is 1. The molecule has 0 radical (unpaired) electrons. The summed E-state index contributed by atoms with van der Waals surface area (Å²) in [7, 11) is 0. The second kappa shape index (κ2) is 11.9. The van der Waals surface area contributed by atoms with Crippen LogP contribution in [0.2, 0.25) is 0 Å². The Morgan fingerprint density at radius 1 is 0.870 bits per heavy atom. The van der Waals surface area contributed by atoms with E-state index in [0.717, 1.165) is 5.82 Å². The molecule has 0 spiro atoms. The summed E-state index contributed by atoms with van der Waals surface area (Å²) in [6, 6.07) is 4.49. The first-order valence-electron chi connectivity index (χ1n) is 9.39. The van der Waals surface area contributed by atoms with Crippen LogP contribution in [-0.4, -0.2) is 9.97 Å². The molecule has 2 nitrogen and oxygen atoms in total. The highest BCUT2D eigenvalue weighted by Gasteiger charge is 2.16. The molecule has 0 saturated carbocycles. The van der Waals surface area contributed by atoms with Gasteiger partial charge in [0.2, 0.25) is 0 Å². The number of nitrogens with zero attached hydrogens (tertiary/aromatic N) is 1. The molecule has 1 heterocycles. The minimum atomic E-state index is 0. The van der Waals surface area contributed by atoms with E-state index >= 15 is 0 Å². The lowest BCUT2D eigenvalue weighted by Gasteiger charge is -2.21. The number of fused-ring (bicyclic) bond motifs is 1. The molecule has 1 aromatic heterocycles. The number of H-pyrrole nitrogens is 1. The average molecular weight is 319 g/mol. The predicted molar refractivity (Wildman–Crippen MR) is 106 cm³/mol. The Labute approximate surface area is 145 Å². The van der Waals surface area contributed by atoms with Gasteiger partial charge in [0.25, 0.3) is 0 Å². The smallest absolute Gasteiger partial charge is 0.103 e. The van der Waals surface area contributed by atoms with Gasteiger partial charge in [0, 0.05) is 6.99 Å². The highest BCUT2D eigenvalue weighted by Crippen LogP contribution is 2.32. The van der Waals surface area contributed by atoms with E-state index in [0.29, 0.717) is 0 Å². The van der Waals surface area contributed by atoms with Crippen LogP contribution < -0.4 is 0 Å². The summed E-state index contributed by atoms with van der Waals surface area (Å²) >= 11 is 0. The van der Waals surface area contributed by atoms with Gasteiger partial charge < -0.3 is 4.98 Å². The van der Waals surface area contributed by atoms with Crippen molar-refractivity contribution < 1.29 is 1.43 Å². The molecule has 0 fully saturated rings. The van der Waals surface area contributed by atoms with Gasteiger partial charge in [0.05, 0.1) is 11.9 Å². The van der Waals surface area contributed by atoms with Gasteiger partial charge in [-0.25, -0.2) is 4.98 Å². The minimum Gasteiger partial charge on any atom is -0.342 e. The molecule has 23 heavy (non-hydrogen) atoms. The third-order valence-electron chi connectivity index (χ3n) is 3.76. The summed E-state index contributed by atoms with van der Waals surface area (Å²) < 4.78 is 0. The zero-order chi connectivity index (χ0) is 17.8. The van der Waals surface area contributed by atoms with E-state index in [1.54, 1.807) is 11.1 Å². The van der Waals surface area contributed by atoms with E-state index in [2.05, 4.69) is 29.0 Å². The van der Waals surface area contributed by atoms with Crippen molar-refractivity contribution in [2.24, 2.45) is 0 Å². The fraction of sp³-hybridized carbons (Fsp3) is 0.571. The predicted octanol–water partition coefficient (Wildman–Crippen LogP) is 6.90. The summed E-state index contributed by atoms with van der Waals surface area (Å²) in [4.78, 5) is 7.66. The molecule has 3 rings (SSSR count). The third kappa shape index (κ3) is 5.53. The highest BCUT2D eigenvalue weighted by molar-refractivity contribution is 5.66. The van der Waals surface area contributed by atoms with E-state index in [-0.39, 0.29) is 1.43 Å². The molecule has 2 heteroatoms. The third-order valence-corrected chi connectivity index (χ3v) is 3.76. The van der Waals surface area contributed by atoms with Crippen LogP contribution in [0.3, 0.4) is 0 Å². The molecule has 2 aromatic rings. The molecule has 0 bridgehead atoms.